The molecule has 0 bridgehead atoms. The van der Waals surface area contributed by atoms with Gasteiger partial charge >= 0.3 is 0 Å². The van der Waals surface area contributed by atoms with Crippen molar-refractivity contribution in [2.45, 2.75) is 19.3 Å². The number of hydrogen-bond donors (Lipinski definition) is 0. The summed E-state index contributed by atoms with van der Waals surface area (Å²) in [4.78, 5) is 15.5. The lowest BCUT2D eigenvalue weighted by Crippen LogP contribution is -2.12. The second-order valence-electron chi connectivity index (χ2n) is 13.3. The summed E-state index contributed by atoms with van der Waals surface area (Å²) in [5.74, 6) is 0.196. The second kappa shape index (κ2) is 13.1. The van der Waals surface area contributed by atoms with Crippen molar-refractivity contribution in [3.8, 4) is 33.5 Å². The van der Waals surface area contributed by atoms with Crippen LogP contribution in [0.5, 0.6) is 0 Å². The van der Waals surface area contributed by atoms with E-state index < -0.39 is 0 Å². The minimum atomic E-state index is 0.196. The van der Waals surface area contributed by atoms with E-state index >= 15 is 0 Å². The van der Waals surface area contributed by atoms with E-state index in [-0.39, 0.29) is 5.92 Å². The number of hydrogen-bond acceptors (Lipinski definition) is 3. The van der Waals surface area contributed by atoms with Crippen molar-refractivity contribution in [2.75, 3.05) is 0 Å². The molecule has 3 heteroatoms. The van der Waals surface area contributed by atoms with Gasteiger partial charge in [-0.2, -0.15) is 0 Å². The molecule has 6 aromatic carbocycles. The van der Waals surface area contributed by atoms with Gasteiger partial charge in [0, 0.05) is 45.6 Å². The summed E-state index contributed by atoms with van der Waals surface area (Å²) in [6.07, 6.45) is 3.19. The Morgan fingerprint density at radius 3 is 1.86 bits per heavy atom. The van der Waals surface area contributed by atoms with Gasteiger partial charge in [-0.05, 0) is 58.5 Å². The number of aryl methyl sites for hydroxylation is 1. The van der Waals surface area contributed by atoms with Crippen LogP contribution in [0.25, 0.3) is 61.0 Å². The number of pyridine rings is 2. The Labute approximate surface area is 298 Å². The predicted octanol–water partition coefficient (Wildman–Crippen LogP) is 12.1. The molecule has 3 nitrogen and oxygen atoms in total. The first-order chi connectivity index (χ1) is 25.2. The number of allylic oxidation sites excluding steroid dienone is 1. The Hall–Kier alpha value is -6.45. The fourth-order valence-electron chi connectivity index (χ4n) is 7.28. The molecule has 1 unspecified atom stereocenters. The highest BCUT2D eigenvalue weighted by atomic mass is 14.8. The van der Waals surface area contributed by atoms with Gasteiger partial charge in [-0.25, -0.2) is 4.98 Å². The third-order valence-corrected chi connectivity index (χ3v) is 9.89. The summed E-state index contributed by atoms with van der Waals surface area (Å²) in [5, 5.41) is 2.17. The average Bonchev–Trinajstić information content (AvgIpc) is 3.21. The first-order valence-corrected chi connectivity index (χ1v) is 17.5. The van der Waals surface area contributed by atoms with Crippen molar-refractivity contribution in [3.63, 3.8) is 0 Å². The molecule has 51 heavy (non-hydrogen) atoms. The summed E-state index contributed by atoms with van der Waals surface area (Å²) in [7, 11) is 0. The maximum absolute atomic E-state index is 5.31. The van der Waals surface area contributed by atoms with Crippen molar-refractivity contribution in [1.82, 2.24) is 9.97 Å². The molecule has 0 aliphatic carbocycles. The second-order valence-corrected chi connectivity index (χ2v) is 13.3. The summed E-state index contributed by atoms with van der Waals surface area (Å²) in [6, 6.07) is 60.1. The molecule has 9 rings (SSSR count). The lowest BCUT2D eigenvalue weighted by molar-refractivity contribution is 0.880. The van der Waals surface area contributed by atoms with E-state index in [4.69, 9.17) is 15.0 Å². The summed E-state index contributed by atoms with van der Waals surface area (Å²) >= 11 is 0. The smallest absolute Gasteiger partial charge is 0.0974 e. The standard InChI is InChI=1S/C48H35N3/c1-32-28-43(42-26-24-38-25-27-44(36-14-7-3-8-15-36)51-47(38)48(42)49-32)39-18-11-19-40(29-39)46-31-41(30-45(50-46)37-16-9-4-10-17-37)35-22-20-34(21-23-35)33-12-5-2-6-13-33/h2-29,31,41H,30H2,1H3. The Morgan fingerprint density at radius 1 is 0.490 bits per heavy atom. The van der Waals surface area contributed by atoms with E-state index in [0.29, 0.717) is 0 Å². The van der Waals surface area contributed by atoms with Gasteiger partial charge in [0.2, 0.25) is 0 Å². The van der Waals surface area contributed by atoms with Crippen LogP contribution in [-0.4, -0.2) is 15.7 Å². The largest absolute Gasteiger partial charge is 0.252 e. The topological polar surface area (TPSA) is 38.1 Å². The van der Waals surface area contributed by atoms with Crippen LogP contribution in [0, 0.1) is 6.92 Å². The van der Waals surface area contributed by atoms with Crippen molar-refractivity contribution in [1.29, 1.82) is 0 Å². The molecule has 1 aliphatic heterocycles. The van der Waals surface area contributed by atoms with Crippen LogP contribution in [-0.2, 0) is 0 Å². The Kier molecular flexibility index (Phi) is 7.87. The molecule has 0 saturated carbocycles. The maximum Gasteiger partial charge on any atom is 0.0974 e. The average molecular weight is 654 g/mol. The van der Waals surface area contributed by atoms with Gasteiger partial charge in [-0.3, -0.25) is 9.98 Å². The molecule has 1 atom stereocenters. The maximum atomic E-state index is 5.31. The van der Waals surface area contributed by atoms with Crippen LogP contribution in [0.2, 0.25) is 0 Å². The van der Waals surface area contributed by atoms with Gasteiger partial charge in [0.05, 0.1) is 22.4 Å². The molecule has 2 aromatic heterocycles. The quantitative estimate of drug-likeness (QED) is 0.168. The Bertz CT molecular complexity index is 2590. The van der Waals surface area contributed by atoms with Crippen molar-refractivity contribution >= 4 is 33.2 Å². The highest BCUT2D eigenvalue weighted by molar-refractivity contribution is 6.09. The van der Waals surface area contributed by atoms with Crippen molar-refractivity contribution in [2.24, 2.45) is 4.99 Å². The lowest BCUT2D eigenvalue weighted by Gasteiger charge is -2.22. The molecule has 0 radical (unpaired) electrons. The van der Waals surface area contributed by atoms with E-state index in [2.05, 4.69) is 177 Å². The van der Waals surface area contributed by atoms with Gasteiger partial charge in [-0.15, -0.1) is 0 Å². The van der Waals surface area contributed by atoms with Gasteiger partial charge < -0.3 is 0 Å². The number of fused-ring (bicyclic) bond motifs is 3. The summed E-state index contributed by atoms with van der Waals surface area (Å²) in [5.41, 5.74) is 15.2. The summed E-state index contributed by atoms with van der Waals surface area (Å²) in [6.45, 7) is 2.07. The van der Waals surface area contributed by atoms with E-state index in [1.54, 1.807) is 0 Å². The molecular weight excluding hydrogens is 619 g/mol. The highest BCUT2D eigenvalue weighted by Gasteiger charge is 2.21. The van der Waals surface area contributed by atoms with Crippen molar-refractivity contribution < 1.29 is 0 Å². The van der Waals surface area contributed by atoms with Crippen molar-refractivity contribution in [3.05, 3.63) is 198 Å². The van der Waals surface area contributed by atoms with E-state index in [1.807, 2.05) is 6.07 Å². The molecule has 242 valence electrons. The van der Waals surface area contributed by atoms with Crippen LogP contribution in [0.4, 0.5) is 0 Å². The zero-order chi connectivity index (χ0) is 34.1. The molecular formula is C48H35N3. The van der Waals surface area contributed by atoms with Gasteiger partial charge in [0.1, 0.15) is 0 Å². The van der Waals surface area contributed by atoms with Gasteiger partial charge in [0.15, 0.2) is 0 Å². The fraction of sp³-hybridized carbons (Fsp3) is 0.0625. The number of rotatable bonds is 6. The molecule has 0 N–H and O–H groups in total. The molecule has 1 aliphatic rings. The van der Waals surface area contributed by atoms with Crippen LogP contribution < -0.4 is 0 Å². The van der Waals surface area contributed by atoms with Gasteiger partial charge in [0.25, 0.3) is 0 Å². The Balaban J connectivity index is 1.14. The SMILES string of the molecule is Cc1cc(-c2cccc(C3=CC(c4ccc(-c5ccccc5)cc4)CC(c4ccccc4)=N3)c2)c2ccc3ccc(-c4ccccc4)nc3c2n1. The van der Waals surface area contributed by atoms with Crippen LogP contribution in [0.3, 0.4) is 0 Å². The number of aromatic nitrogens is 2. The van der Waals surface area contributed by atoms with Gasteiger partial charge in [-0.1, -0.05) is 158 Å². The monoisotopic (exact) mass is 653 g/mol. The lowest BCUT2D eigenvalue weighted by atomic mass is 9.86. The van der Waals surface area contributed by atoms with E-state index in [0.717, 1.165) is 78.8 Å². The molecule has 0 spiro atoms. The number of aliphatic imine (C=N–C) groups is 1. The Morgan fingerprint density at radius 2 is 1.12 bits per heavy atom. The van der Waals surface area contributed by atoms with E-state index in [1.165, 1.54) is 16.7 Å². The van der Waals surface area contributed by atoms with Crippen LogP contribution >= 0.6 is 0 Å². The minimum Gasteiger partial charge on any atom is -0.252 e. The zero-order valence-electron chi connectivity index (χ0n) is 28.4. The normalized spacial score (nSPS) is 14.3. The molecule has 3 heterocycles. The molecule has 0 fully saturated rings. The molecule has 0 saturated heterocycles. The first kappa shape index (κ1) is 30.6. The third kappa shape index (κ3) is 6.04. The number of nitrogens with zero attached hydrogens (tertiary/aromatic N) is 3. The van der Waals surface area contributed by atoms with E-state index in [9.17, 15) is 0 Å². The fourth-order valence-corrected chi connectivity index (χ4v) is 7.28. The van der Waals surface area contributed by atoms with Crippen LogP contribution in [0.1, 0.15) is 34.7 Å². The summed E-state index contributed by atoms with van der Waals surface area (Å²) < 4.78 is 0. The first-order valence-electron chi connectivity index (χ1n) is 17.5. The predicted molar refractivity (Wildman–Crippen MR) is 213 cm³/mol. The minimum absolute atomic E-state index is 0.196. The highest BCUT2D eigenvalue weighted by Crippen LogP contribution is 2.38. The zero-order valence-corrected chi connectivity index (χ0v) is 28.4. The van der Waals surface area contributed by atoms with Crippen LogP contribution in [0.15, 0.2) is 181 Å². The molecule has 8 aromatic rings. The number of benzene rings is 6. The molecule has 0 amide bonds. The third-order valence-electron chi connectivity index (χ3n) is 9.89.